The molecular formula is C21H28N4O3S. The Bertz CT molecular complexity index is 863. The van der Waals surface area contributed by atoms with Crippen molar-refractivity contribution in [1.82, 2.24) is 15.1 Å². The summed E-state index contributed by atoms with van der Waals surface area (Å²) in [6.45, 7) is 6.88. The lowest BCUT2D eigenvalue weighted by molar-refractivity contribution is 0.0199. The Morgan fingerprint density at radius 3 is 2.41 bits per heavy atom. The number of carbonyl (C=O) groups is 1. The number of rotatable bonds is 3. The predicted molar refractivity (Wildman–Crippen MR) is 115 cm³/mol. The number of piperidine rings is 1. The van der Waals surface area contributed by atoms with Crippen LogP contribution in [-0.4, -0.2) is 58.2 Å². The topological polar surface area (TPSA) is 80.8 Å². The molecule has 1 fully saturated rings. The number of hydrogen-bond acceptors (Lipinski definition) is 7. The van der Waals surface area contributed by atoms with E-state index in [-0.39, 0.29) is 12.0 Å². The van der Waals surface area contributed by atoms with E-state index in [1.807, 2.05) is 51.3 Å². The molecule has 29 heavy (non-hydrogen) atoms. The molecule has 0 N–H and O–H groups in total. The molecule has 2 aromatic rings. The van der Waals surface area contributed by atoms with Gasteiger partial charge < -0.3 is 14.1 Å². The molecule has 1 aromatic carbocycles. The fourth-order valence-electron chi connectivity index (χ4n) is 3.25. The average Bonchev–Trinajstić information content (AvgIpc) is 3.18. The Labute approximate surface area is 175 Å². The van der Waals surface area contributed by atoms with Crippen molar-refractivity contribution in [1.29, 1.82) is 0 Å². The van der Waals surface area contributed by atoms with E-state index in [0.29, 0.717) is 24.9 Å². The molecule has 0 atom stereocenters. The number of ether oxygens (including phenoxy) is 1. The lowest BCUT2D eigenvalue weighted by Crippen LogP contribution is -2.41. The average molecular weight is 417 g/mol. The van der Waals surface area contributed by atoms with Crippen LogP contribution in [0.1, 0.15) is 51.0 Å². The van der Waals surface area contributed by atoms with Crippen molar-refractivity contribution < 1.29 is 13.9 Å². The minimum Gasteiger partial charge on any atom is -0.444 e. The van der Waals surface area contributed by atoms with Gasteiger partial charge in [-0.05, 0) is 52.0 Å². The molecule has 1 saturated heterocycles. The molecule has 0 saturated carbocycles. The van der Waals surface area contributed by atoms with E-state index in [4.69, 9.17) is 9.15 Å². The maximum atomic E-state index is 12.2. The second kappa shape index (κ2) is 8.98. The van der Waals surface area contributed by atoms with Crippen LogP contribution < -0.4 is 0 Å². The van der Waals surface area contributed by atoms with Crippen LogP contribution in [0.5, 0.6) is 0 Å². The molecule has 3 rings (SSSR count). The zero-order chi connectivity index (χ0) is 21.0. The molecular weight excluding hydrogens is 388 g/mol. The van der Waals surface area contributed by atoms with Crippen molar-refractivity contribution in [2.45, 2.75) is 45.1 Å². The van der Waals surface area contributed by atoms with Crippen molar-refractivity contribution in [2.75, 3.05) is 26.4 Å². The zero-order valence-corrected chi connectivity index (χ0v) is 18.5. The van der Waals surface area contributed by atoms with Gasteiger partial charge in [0.1, 0.15) is 5.60 Å². The molecule has 0 radical (unpaired) electrons. The van der Waals surface area contributed by atoms with E-state index < -0.39 is 5.60 Å². The first-order chi connectivity index (χ1) is 13.8. The molecule has 7 nitrogen and oxygen atoms in total. The Hall–Kier alpha value is -2.35. The van der Waals surface area contributed by atoms with Crippen LogP contribution in [0.3, 0.4) is 0 Å². The number of nitrogens with zero attached hydrogens (tertiary/aromatic N) is 4. The van der Waals surface area contributed by atoms with Crippen LogP contribution >= 0.6 is 11.8 Å². The number of thioether (sulfide) groups is 1. The third-order valence-electron chi connectivity index (χ3n) is 4.71. The first-order valence-corrected chi connectivity index (χ1v) is 11.0. The first-order valence-electron chi connectivity index (χ1n) is 9.73. The van der Waals surface area contributed by atoms with E-state index in [9.17, 15) is 4.79 Å². The summed E-state index contributed by atoms with van der Waals surface area (Å²) >= 11 is 1.61. The normalized spacial score (nSPS) is 16.2. The van der Waals surface area contributed by atoms with Gasteiger partial charge in [-0.15, -0.1) is 22.0 Å². The fourth-order valence-corrected chi connectivity index (χ4v) is 3.80. The van der Waals surface area contributed by atoms with Crippen molar-refractivity contribution in [3.63, 3.8) is 0 Å². The van der Waals surface area contributed by atoms with Crippen LogP contribution in [-0.2, 0) is 4.74 Å². The quantitative estimate of drug-likeness (QED) is 0.538. The number of benzene rings is 1. The predicted octanol–water partition coefficient (Wildman–Crippen LogP) is 4.59. The molecule has 8 heteroatoms. The summed E-state index contributed by atoms with van der Waals surface area (Å²) in [6, 6.07) is 7.97. The summed E-state index contributed by atoms with van der Waals surface area (Å²) in [4.78, 5) is 18.2. The molecule has 0 aliphatic carbocycles. The largest absolute Gasteiger partial charge is 0.444 e. The molecule has 156 valence electrons. The van der Waals surface area contributed by atoms with Gasteiger partial charge in [-0.2, -0.15) is 0 Å². The molecule has 2 heterocycles. The summed E-state index contributed by atoms with van der Waals surface area (Å²) < 4.78 is 11.4. The Balaban J connectivity index is 1.62. The monoisotopic (exact) mass is 416 g/mol. The second-order valence-corrected chi connectivity index (χ2v) is 8.79. The molecule has 1 aliphatic heterocycles. The third-order valence-corrected chi connectivity index (χ3v) is 5.52. The number of hydrogen-bond donors (Lipinski definition) is 0. The van der Waals surface area contributed by atoms with Crippen LogP contribution in [0.15, 0.2) is 33.7 Å². The minimum absolute atomic E-state index is 0.157. The number of aromatic nitrogens is 2. The van der Waals surface area contributed by atoms with E-state index in [0.717, 1.165) is 29.0 Å². The van der Waals surface area contributed by atoms with Gasteiger partial charge in [-0.1, -0.05) is 12.1 Å². The standard InChI is InChI=1S/C21H28N4O3S/c1-21(2,3)28-20(26)25-12-10-15(11-13-25)18-24-23-17(27-18)14-6-8-16(9-7-14)19(22-4)29-5/h6-9,15H,10-13H2,1-5H3. The van der Waals surface area contributed by atoms with Crippen molar-refractivity contribution >= 4 is 22.9 Å². The van der Waals surface area contributed by atoms with Crippen molar-refractivity contribution in [3.05, 3.63) is 35.7 Å². The maximum absolute atomic E-state index is 12.2. The van der Waals surface area contributed by atoms with Crippen LogP contribution in [0.2, 0.25) is 0 Å². The Morgan fingerprint density at radius 1 is 1.21 bits per heavy atom. The van der Waals surface area contributed by atoms with Crippen molar-refractivity contribution in [2.24, 2.45) is 4.99 Å². The fraction of sp³-hybridized carbons (Fsp3) is 0.524. The number of carbonyl (C=O) groups excluding carboxylic acids is 1. The zero-order valence-electron chi connectivity index (χ0n) is 17.6. The summed E-state index contributed by atoms with van der Waals surface area (Å²) in [5, 5.41) is 9.46. The first kappa shape index (κ1) is 21.4. The van der Waals surface area contributed by atoms with E-state index in [1.165, 1.54) is 0 Å². The SMILES string of the molecule is CN=C(SC)c1ccc(-c2nnc(C3CCN(C(=O)OC(C)(C)C)CC3)o2)cc1. The summed E-state index contributed by atoms with van der Waals surface area (Å²) in [5.41, 5.74) is 1.47. The molecule has 1 aliphatic rings. The van der Waals surface area contributed by atoms with Gasteiger partial charge in [0.25, 0.3) is 0 Å². The van der Waals surface area contributed by atoms with Gasteiger partial charge in [0.15, 0.2) is 0 Å². The minimum atomic E-state index is -0.482. The molecule has 1 aromatic heterocycles. The van der Waals surface area contributed by atoms with E-state index in [2.05, 4.69) is 15.2 Å². The van der Waals surface area contributed by atoms with Gasteiger partial charge in [0.05, 0.1) is 5.04 Å². The Kier molecular flexibility index (Phi) is 6.62. The lowest BCUT2D eigenvalue weighted by atomic mass is 9.97. The van der Waals surface area contributed by atoms with E-state index >= 15 is 0 Å². The summed E-state index contributed by atoms with van der Waals surface area (Å²) in [7, 11) is 1.79. The van der Waals surface area contributed by atoms with Crippen LogP contribution in [0, 0.1) is 0 Å². The van der Waals surface area contributed by atoms with Gasteiger partial charge in [-0.3, -0.25) is 4.99 Å². The van der Waals surface area contributed by atoms with Crippen LogP contribution in [0.4, 0.5) is 4.79 Å². The number of aliphatic imine (C=N–C) groups is 1. The molecule has 1 amide bonds. The highest BCUT2D eigenvalue weighted by Gasteiger charge is 2.30. The van der Waals surface area contributed by atoms with Gasteiger partial charge in [-0.25, -0.2) is 4.79 Å². The van der Waals surface area contributed by atoms with Crippen molar-refractivity contribution in [3.8, 4) is 11.5 Å². The smallest absolute Gasteiger partial charge is 0.410 e. The van der Waals surface area contributed by atoms with Gasteiger partial charge in [0.2, 0.25) is 11.8 Å². The molecule has 0 unspecified atom stereocenters. The number of likely N-dealkylation sites (tertiary alicyclic amines) is 1. The molecule has 0 spiro atoms. The Morgan fingerprint density at radius 2 is 1.86 bits per heavy atom. The summed E-state index contributed by atoms with van der Waals surface area (Å²) in [5.74, 6) is 1.30. The van der Waals surface area contributed by atoms with Crippen LogP contribution in [0.25, 0.3) is 11.5 Å². The third kappa shape index (κ3) is 5.38. The highest BCUT2D eigenvalue weighted by atomic mass is 32.2. The highest BCUT2D eigenvalue weighted by Crippen LogP contribution is 2.30. The van der Waals surface area contributed by atoms with Gasteiger partial charge >= 0.3 is 6.09 Å². The van der Waals surface area contributed by atoms with Gasteiger partial charge in [0, 0.05) is 37.2 Å². The lowest BCUT2D eigenvalue weighted by Gasteiger charge is -2.32. The highest BCUT2D eigenvalue weighted by molar-refractivity contribution is 8.13. The maximum Gasteiger partial charge on any atom is 0.410 e. The van der Waals surface area contributed by atoms with E-state index in [1.54, 1.807) is 23.7 Å². The summed E-state index contributed by atoms with van der Waals surface area (Å²) in [6.07, 6.45) is 3.31. The molecule has 0 bridgehead atoms. The number of amides is 1. The second-order valence-electron chi connectivity index (χ2n) is 8.00.